The lowest BCUT2D eigenvalue weighted by molar-refractivity contribution is -0.138. The highest BCUT2D eigenvalue weighted by molar-refractivity contribution is 5.89. The number of hydrogen-bond acceptors (Lipinski definition) is 3. The third kappa shape index (κ3) is 4.49. The van der Waals surface area contributed by atoms with Crippen LogP contribution < -0.4 is 10.2 Å². The number of amides is 2. The van der Waals surface area contributed by atoms with Gasteiger partial charge in [-0.25, -0.2) is 0 Å². The first-order valence-corrected chi connectivity index (χ1v) is 8.60. The topological polar surface area (TPSA) is 52.6 Å². The Hall–Kier alpha value is -2.04. The van der Waals surface area contributed by atoms with E-state index in [0.717, 1.165) is 13.1 Å². The molecule has 1 atom stereocenters. The van der Waals surface area contributed by atoms with E-state index in [1.165, 1.54) is 11.3 Å². The van der Waals surface area contributed by atoms with E-state index in [2.05, 4.69) is 41.4 Å². The Morgan fingerprint density at radius 3 is 2.29 bits per heavy atom. The van der Waals surface area contributed by atoms with Crippen molar-refractivity contribution in [3.8, 4) is 0 Å². The van der Waals surface area contributed by atoms with E-state index in [0.29, 0.717) is 13.1 Å². The van der Waals surface area contributed by atoms with E-state index < -0.39 is 11.5 Å². The third-order valence-electron chi connectivity index (χ3n) is 4.36. The molecule has 1 N–H and O–H groups in total. The fraction of sp³-hybridized carbons (Fsp3) is 0.579. The molecule has 1 saturated heterocycles. The summed E-state index contributed by atoms with van der Waals surface area (Å²) >= 11 is 0. The molecule has 5 nitrogen and oxygen atoms in total. The van der Waals surface area contributed by atoms with Gasteiger partial charge in [-0.15, -0.1) is 0 Å². The van der Waals surface area contributed by atoms with Crippen LogP contribution in [0.4, 0.5) is 5.69 Å². The van der Waals surface area contributed by atoms with Crippen molar-refractivity contribution < 1.29 is 9.59 Å². The first-order chi connectivity index (χ1) is 11.2. The molecule has 1 aliphatic rings. The zero-order valence-electron chi connectivity index (χ0n) is 15.4. The second-order valence-electron chi connectivity index (χ2n) is 7.60. The second-order valence-corrected chi connectivity index (χ2v) is 7.60. The van der Waals surface area contributed by atoms with Gasteiger partial charge in [-0.3, -0.25) is 9.59 Å². The molecular weight excluding hydrogens is 302 g/mol. The van der Waals surface area contributed by atoms with Crippen molar-refractivity contribution in [3.63, 3.8) is 0 Å². The van der Waals surface area contributed by atoms with Gasteiger partial charge in [0.25, 0.3) is 0 Å². The summed E-state index contributed by atoms with van der Waals surface area (Å²) in [7, 11) is 0. The van der Waals surface area contributed by atoms with Crippen molar-refractivity contribution in [2.24, 2.45) is 5.41 Å². The van der Waals surface area contributed by atoms with Crippen molar-refractivity contribution >= 4 is 17.5 Å². The lowest BCUT2D eigenvalue weighted by Gasteiger charge is -2.37. The van der Waals surface area contributed by atoms with Crippen molar-refractivity contribution in [3.05, 3.63) is 29.8 Å². The van der Waals surface area contributed by atoms with E-state index in [-0.39, 0.29) is 11.8 Å². The van der Waals surface area contributed by atoms with E-state index in [1.54, 1.807) is 6.92 Å². The van der Waals surface area contributed by atoms with Crippen LogP contribution in [0.2, 0.25) is 0 Å². The summed E-state index contributed by atoms with van der Waals surface area (Å²) in [5, 5.41) is 2.82. The second kappa shape index (κ2) is 7.24. The monoisotopic (exact) mass is 331 g/mol. The normalized spacial score (nSPS) is 16.7. The molecule has 5 heteroatoms. The van der Waals surface area contributed by atoms with Gasteiger partial charge in [0, 0.05) is 37.3 Å². The molecule has 132 valence electrons. The van der Waals surface area contributed by atoms with Crippen LogP contribution in [0.1, 0.15) is 33.3 Å². The fourth-order valence-electron chi connectivity index (χ4n) is 2.76. The Bertz CT molecular complexity index is 599. The lowest BCUT2D eigenvalue weighted by atomic mass is 9.95. The molecule has 1 aliphatic heterocycles. The predicted molar refractivity (Wildman–Crippen MR) is 97.0 cm³/mol. The van der Waals surface area contributed by atoms with Crippen molar-refractivity contribution in [1.82, 2.24) is 10.2 Å². The van der Waals surface area contributed by atoms with Gasteiger partial charge in [0.15, 0.2) is 0 Å². The van der Waals surface area contributed by atoms with Gasteiger partial charge in [-0.1, -0.05) is 32.9 Å². The summed E-state index contributed by atoms with van der Waals surface area (Å²) in [6.45, 7) is 12.4. The van der Waals surface area contributed by atoms with Crippen LogP contribution in [-0.2, 0) is 9.59 Å². The highest BCUT2D eigenvalue weighted by Crippen LogP contribution is 2.18. The molecule has 24 heavy (non-hydrogen) atoms. The largest absolute Gasteiger partial charge is 0.368 e. The SMILES string of the molecule is Cc1cccc(N2CCN(C(=O)C(C)NC(=O)C(C)(C)C)CC2)c1. The maximum Gasteiger partial charge on any atom is 0.244 e. The van der Waals surface area contributed by atoms with Gasteiger partial charge in [0.1, 0.15) is 6.04 Å². The molecule has 1 fully saturated rings. The molecular formula is C19H29N3O2. The van der Waals surface area contributed by atoms with Crippen LogP contribution in [0.5, 0.6) is 0 Å². The lowest BCUT2D eigenvalue weighted by Crippen LogP contribution is -2.55. The highest BCUT2D eigenvalue weighted by atomic mass is 16.2. The number of benzene rings is 1. The van der Waals surface area contributed by atoms with Crippen molar-refractivity contribution in [2.45, 2.75) is 40.7 Å². The minimum atomic E-state index is -0.488. The molecule has 0 saturated carbocycles. The van der Waals surface area contributed by atoms with Gasteiger partial charge >= 0.3 is 0 Å². The van der Waals surface area contributed by atoms with Gasteiger partial charge in [0.05, 0.1) is 0 Å². The number of aryl methyl sites for hydroxylation is 1. The predicted octanol–water partition coefficient (Wildman–Crippen LogP) is 2.19. The number of hydrogen-bond donors (Lipinski definition) is 1. The number of nitrogens with zero attached hydrogens (tertiary/aromatic N) is 2. The number of anilines is 1. The molecule has 1 unspecified atom stereocenters. The van der Waals surface area contributed by atoms with Gasteiger partial charge in [-0.05, 0) is 31.5 Å². The minimum absolute atomic E-state index is 0.00325. The van der Waals surface area contributed by atoms with E-state index in [9.17, 15) is 9.59 Å². The standard InChI is InChI=1S/C19H29N3O2/c1-14-7-6-8-16(13-14)21-9-11-22(12-10-21)17(23)15(2)20-18(24)19(3,4)5/h6-8,13,15H,9-12H2,1-5H3,(H,20,24). The number of carbonyl (C=O) groups is 2. The average molecular weight is 331 g/mol. The summed E-state index contributed by atoms with van der Waals surface area (Å²) in [5.74, 6) is -0.0989. The summed E-state index contributed by atoms with van der Waals surface area (Å²) in [6, 6.07) is 7.94. The Morgan fingerprint density at radius 1 is 1.12 bits per heavy atom. The van der Waals surface area contributed by atoms with Gasteiger partial charge in [0.2, 0.25) is 11.8 Å². The molecule has 2 rings (SSSR count). The van der Waals surface area contributed by atoms with Crippen LogP contribution in [0, 0.1) is 12.3 Å². The van der Waals surface area contributed by atoms with Gasteiger partial charge < -0.3 is 15.1 Å². The number of rotatable bonds is 3. The maximum absolute atomic E-state index is 12.6. The third-order valence-corrected chi connectivity index (χ3v) is 4.36. The first-order valence-electron chi connectivity index (χ1n) is 8.60. The maximum atomic E-state index is 12.6. The van der Waals surface area contributed by atoms with E-state index in [4.69, 9.17) is 0 Å². The summed E-state index contributed by atoms with van der Waals surface area (Å²) < 4.78 is 0. The van der Waals surface area contributed by atoms with E-state index >= 15 is 0 Å². The molecule has 0 bridgehead atoms. The molecule has 0 radical (unpaired) electrons. The molecule has 1 aromatic carbocycles. The van der Waals surface area contributed by atoms with Crippen LogP contribution in [-0.4, -0.2) is 48.9 Å². The molecule has 0 spiro atoms. The zero-order chi connectivity index (χ0) is 17.9. The van der Waals surface area contributed by atoms with Crippen LogP contribution in [0.3, 0.4) is 0 Å². The van der Waals surface area contributed by atoms with Crippen molar-refractivity contribution in [1.29, 1.82) is 0 Å². The highest BCUT2D eigenvalue weighted by Gasteiger charge is 2.29. The number of nitrogens with one attached hydrogen (secondary N) is 1. The van der Waals surface area contributed by atoms with E-state index in [1.807, 2.05) is 25.7 Å². The first kappa shape index (κ1) is 18.3. The Morgan fingerprint density at radius 2 is 1.75 bits per heavy atom. The number of piperazine rings is 1. The summed E-state index contributed by atoms with van der Waals surface area (Å²) in [4.78, 5) is 28.7. The molecule has 0 aromatic heterocycles. The quantitative estimate of drug-likeness (QED) is 0.924. The molecule has 1 heterocycles. The molecule has 2 amide bonds. The minimum Gasteiger partial charge on any atom is -0.368 e. The summed E-state index contributed by atoms with van der Waals surface area (Å²) in [6.07, 6.45) is 0. The molecule has 0 aliphatic carbocycles. The summed E-state index contributed by atoms with van der Waals surface area (Å²) in [5.41, 5.74) is 1.96. The Balaban J connectivity index is 1.89. The zero-order valence-corrected chi connectivity index (χ0v) is 15.4. The average Bonchev–Trinajstić information content (AvgIpc) is 2.53. The Kier molecular flexibility index (Phi) is 5.52. The van der Waals surface area contributed by atoms with Crippen LogP contribution in [0.15, 0.2) is 24.3 Å². The molecule has 1 aromatic rings. The van der Waals surface area contributed by atoms with Crippen LogP contribution >= 0.6 is 0 Å². The van der Waals surface area contributed by atoms with Gasteiger partial charge in [-0.2, -0.15) is 0 Å². The van der Waals surface area contributed by atoms with Crippen LogP contribution in [0.25, 0.3) is 0 Å². The Labute approximate surface area is 145 Å². The fourth-order valence-corrected chi connectivity index (χ4v) is 2.76. The number of carbonyl (C=O) groups excluding carboxylic acids is 2. The smallest absolute Gasteiger partial charge is 0.244 e. The van der Waals surface area contributed by atoms with Crippen molar-refractivity contribution in [2.75, 3.05) is 31.1 Å².